The number of piperazine rings is 1. The second-order valence-corrected chi connectivity index (χ2v) is 6.63. The molecule has 0 aliphatic carbocycles. The summed E-state index contributed by atoms with van der Waals surface area (Å²) in [7, 11) is 0. The van der Waals surface area contributed by atoms with E-state index in [4.69, 9.17) is 0 Å². The zero-order valence-corrected chi connectivity index (χ0v) is 16.3. The predicted octanol–water partition coefficient (Wildman–Crippen LogP) is 1.31. The van der Waals surface area contributed by atoms with Gasteiger partial charge in [0, 0.05) is 39.3 Å². The molecule has 8 heteroatoms. The first-order chi connectivity index (χ1) is 13.1. The smallest absolute Gasteiger partial charge is 0.228 e. The summed E-state index contributed by atoms with van der Waals surface area (Å²) in [5.74, 6) is 1.81. The minimum atomic E-state index is 0.0922. The second-order valence-electron chi connectivity index (χ2n) is 6.63. The second kappa shape index (κ2) is 8.75. The van der Waals surface area contributed by atoms with Crippen molar-refractivity contribution in [2.24, 2.45) is 0 Å². The summed E-state index contributed by atoms with van der Waals surface area (Å²) in [6.45, 7) is 10.8. The van der Waals surface area contributed by atoms with Gasteiger partial charge in [-0.1, -0.05) is 0 Å². The van der Waals surface area contributed by atoms with Crippen molar-refractivity contribution in [1.29, 1.82) is 0 Å². The maximum Gasteiger partial charge on any atom is 0.228 e. The fourth-order valence-electron chi connectivity index (χ4n) is 3.18. The van der Waals surface area contributed by atoms with Crippen LogP contribution in [0.4, 0.5) is 11.6 Å². The van der Waals surface area contributed by atoms with Crippen molar-refractivity contribution in [2.75, 3.05) is 49.1 Å². The van der Waals surface area contributed by atoms with Crippen molar-refractivity contribution in [3.05, 3.63) is 35.7 Å². The van der Waals surface area contributed by atoms with Crippen molar-refractivity contribution < 1.29 is 4.79 Å². The van der Waals surface area contributed by atoms with Crippen LogP contribution in [0.25, 0.3) is 0 Å². The molecule has 0 saturated carbocycles. The molecule has 3 rings (SSSR count). The molecule has 2 aromatic heterocycles. The lowest BCUT2D eigenvalue weighted by Gasteiger charge is -2.35. The Bertz CT molecular complexity index is 736. The van der Waals surface area contributed by atoms with Crippen LogP contribution >= 0.6 is 0 Å². The summed E-state index contributed by atoms with van der Waals surface area (Å²) >= 11 is 0. The minimum absolute atomic E-state index is 0.0922. The maximum atomic E-state index is 12.6. The van der Waals surface area contributed by atoms with E-state index in [0.29, 0.717) is 18.8 Å². The third kappa shape index (κ3) is 4.69. The van der Waals surface area contributed by atoms with Crippen molar-refractivity contribution in [3.63, 3.8) is 0 Å². The molecular weight excluding hydrogens is 342 g/mol. The van der Waals surface area contributed by atoms with E-state index in [9.17, 15) is 4.79 Å². The first-order valence-electron chi connectivity index (χ1n) is 9.51. The maximum absolute atomic E-state index is 12.6. The quantitative estimate of drug-likeness (QED) is 0.760. The Morgan fingerprint density at radius 2 is 1.70 bits per heavy atom. The third-order valence-electron chi connectivity index (χ3n) is 4.87. The molecule has 0 atom stereocenters. The molecule has 1 aliphatic rings. The number of hydrogen-bond acceptors (Lipinski definition) is 7. The monoisotopic (exact) mass is 369 g/mol. The van der Waals surface area contributed by atoms with E-state index < -0.39 is 0 Å². The van der Waals surface area contributed by atoms with Crippen LogP contribution in [0, 0.1) is 6.92 Å². The summed E-state index contributed by atoms with van der Waals surface area (Å²) in [5, 5.41) is 16.8. The Morgan fingerprint density at radius 3 is 2.26 bits per heavy atom. The van der Waals surface area contributed by atoms with E-state index >= 15 is 0 Å². The molecule has 1 saturated heterocycles. The number of amides is 1. The molecule has 27 heavy (non-hydrogen) atoms. The Hall–Kier alpha value is -2.77. The zero-order chi connectivity index (χ0) is 19.2. The van der Waals surface area contributed by atoms with Gasteiger partial charge < -0.3 is 14.7 Å². The molecule has 3 heterocycles. The fraction of sp³-hybridized carbons (Fsp3) is 0.526. The minimum Gasteiger partial charge on any atom is -0.356 e. The lowest BCUT2D eigenvalue weighted by atomic mass is 10.2. The molecule has 0 bridgehead atoms. The molecule has 1 fully saturated rings. The van der Waals surface area contributed by atoms with E-state index in [1.165, 1.54) is 0 Å². The van der Waals surface area contributed by atoms with Crippen LogP contribution in [-0.4, -0.2) is 70.5 Å². The number of carbonyl (C=O) groups excluding carboxylic acids is 1. The van der Waals surface area contributed by atoms with E-state index in [1.54, 1.807) is 0 Å². The lowest BCUT2D eigenvalue weighted by molar-refractivity contribution is -0.130. The Kier molecular flexibility index (Phi) is 6.16. The third-order valence-corrected chi connectivity index (χ3v) is 4.87. The van der Waals surface area contributed by atoms with Gasteiger partial charge in [0.2, 0.25) is 5.91 Å². The molecule has 0 aromatic carbocycles. The average Bonchev–Trinajstić information content (AvgIpc) is 2.71. The van der Waals surface area contributed by atoms with E-state index in [-0.39, 0.29) is 12.3 Å². The summed E-state index contributed by atoms with van der Waals surface area (Å²) in [6.07, 6.45) is 0.288. The molecule has 0 spiro atoms. The summed E-state index contributed by atoms with van der Waals surface area (Å²) in [5.41, 5.74) is 1.61. The average molecular weight is 369 g/mol. The van der Waals surface area contributed by atoms with E-state index in [0.717, 1.165) is 43.5 Å². The van der Waals surface area contributed by atoms with Crippen LogP contribution in [0.3, 0.4) is 0 Å². The molecule has 2 aromatic rings. The van der Waals surface area contributed by atoms with Gasteiger partial charge in [-0.2, -0.15) is 10.2 Å². The Morgan fingerprint density at radius 1 is 0.963 bits per heavy atom. The van der Waals surface area contributed by atoms with Crippen LogP contribution in [0.1, 0.15) is 25.2 Å². The summed E-state index contributed by atoms with van der Waals surface area (Å²) in [4.78, 5) is 18.8. The van der Waals surface area contributed by atoms with E-state index in [2.05, 4.69) is 44.0 Å². The molecule has 0 N–H and O–H groups in total. The van der Waals surface area contributed by atoms with Crippen molar-refractivity contribution in [1.82, 2.24) is 25.3 Å². The van der Waals surface area contributed by atoms with Gasteiger partial charge in [0.25, 0.3) is 0 Å². The number of aromatic nitrogens is 4. The largest absolute Gasteiger partial charge is 0.356 e. The summed E-state index contributed by atoms with van der Waals surface area (Å²) < 4.78 is 0. The number of carbonyl (C=O) groups is 1. The number of anilines is 2. The van der Waals surface area contributed by atoms with Crippen LogP contribution in [0.5, 0.6) is 0 Å². The molecule has 1 aliphatic heterocycles. The number of rotatable bonds is 6. The van der Waals surface area contributed by atoms with Crippen LogP contribution in [-0.2, 0) is 11.2 Å². The first kappa shape index (κ1) is 19.0. The Balaban J connectivity index is 1.53. The van der Waals surface area contributed by atoms with Crippen LogP contribution < -0.4 is 9.80 Å². The van der Waals surface area contributed by atoms with Crippen LogP contribution in [0.2, 0.25) is 0 Å². The molecule has 0 unspecified atom stereocenters. The normalized spacial score (nSPS) is 14.3. The highest BCUT2D eigenvalue weighted by atomic mass is 16.2. The fourth-order valence-corrected chi connectivity index (χ4v) is 3.18. The van der Waals surface area contributed by atoms with Gasteiger partial charge in [-0.15, -0.1) is 10.2 Å². The standard InChI is InChI=1S/C19H27N7O/c1-4-24(5-2)17-9-7-16(21-23-17)14-19(27)26-12-10-25(11-13-26)18-8-6-15(3)20-22-18/h6-9H,4-5,10-14H2,1-3H3. The molecule has 8 nitrogen and oxygen atoms in total. The van der Waals surface area contributed by atoms with Crippen molar-refractivity contribution in [2.45, 2.75) is 27.2 Å². The highest BCUT2D eigenvalue weighted by molar-refractivity contribution is 5.78. The topological polar surface area (TPSA) is 78.4 Å². The predicted molar refractivity (Wildman–Crippen MR) is 105 cm³/mol. The van der Waals surface area contributed by atoms with Gasteiger partial charge in [0.05, 0.1) is 17.8 Å². The molecule has 144 valence electrons. The Labute approximate surface area is 160 Å². The van der Waals surface area contributed by atoms with Gasteiger partial charge >= 0.3 is 0 Å². The number of hydrogen-bond donors (Lipinski definition) is 0. The highest BCUT2D eigenvalue weighted by Gasteiger charge is 2.22. The van der Waals surface area contributed by atoms with Gasteiger partial charge in [0.1, 0.15) is 0 Å². The highest BCUT2D eigenvalue weighted by Crippen LogP contribution is 2.14. The summed E-state index contributed by atoms with van der Waals surface area (Å²) in [6, 6.07) is 7.78. The van der Waals surface area contributed by atoms with Crippen LogP contribution in [0.15, 0.2) is 24.3 Å². The van der Waals surface area contributed by atoms with E-state index in [1.807, 2.05) is 36.1 Å². The van der Waals surface area contributed by atoms with Crippen molar-refractivity contribution >= 4 is 17.5 Å². The molecule has 1 amide bonds. The van der Waals surface area contributed by atoms with Gasteiger partial charge in [-0.25, -0.2) is 0 Å². The van der Waals surface area contributed by atoms with Crippen molar-refractivity contribution in [3.8, 4) is 0 Å². The SMILES string of the molecule is CCN(CC)c1ccc(CC(=O)N2CCN(c3ccc(C)nn3)CC2)nn1. The zero-order valence-electron chi connectivity index (χ0n) is 16.3. The van der Waals surface area contributed by atoms with Gasteiger partial charge in [-0.05, 0) is 45.0 Å². The number of nitrogens with zero attached hydrogens (tertiary/aromatic N) is 7. The van der Waals surface area contributed by atoms with Gasteiger partial charge in [-0.3, -0.25) is 4.79 Å². The molecule has 0 radical (unpaired) electrons. The number of aryl methyl sites for hydroxylation is 1. The lowest BCUT2D eigenvalue weighted by Crippen LogP contribution is -2.49. The van der Waals surface area contributed by atoms with Gasteiger partial charge in [0.15, 0.2) is 11.6 Å². The molecular formula is C19H27N7O. The first-order valence-corrected chi connectivity index (χ1v) is 9.51.